The average Bonchev–Trinajstić information content (AvgIpc) is 2.02. The van der Waals surface area contributed by atoms with Crippen molar-refractivity contribution in [2.45, 2.75) is 18.6 Å². The predicted octanol–water partition coefficient (Wildman–Crippen LogP) is -0.483. The number of sulfone groups is 1. The molecule has 4 nitrogen and oxygen atoms in total. The molecule has 2 unspecified atom stereocenters. The van der Waals surface area contributed by atoms with Crippen molar-refractivity contribution in [3.05, 3.63) is 0 Å². The molecule has 0 spiro atoms. The van der Waals surface area contributed by atoms with Gasteiger partial charge in [0.25, 0.3) is 0 Å². The van der Waals surface area contributed by atoms with Crippen molar-refractivity contribution in [3.63, 3.8) is 0 Å². The van der Waals surface area contributed by atoms with Gasteiger partial charge in [-0.1, -0.05) is 6.92 Å². The van der Waals surface area contributed by atoms with E-state index < -0.39 is 20.6 Å². The Bertz CT molecular complexity index is 257. The maximum Gasteiger partial charge on any atom is 0.148 e. The fourth-order valence-electron chi connectivity index (χ4n) is 0.860. The van der Waals surface area contributed by atoms with Gasteiger partial charge in [-0.2, -0.15) is 0 Å². The standard InChI is InChI=1S/C7H17NO3S2/c1-3-7(6-8)12(9)4-5-13(2,10)11/h7H,3-6,8H2,1-2H3. The van der Waals surface area contributed by atoms with Crippen LogP contribution in [-0.4, -0.2) is 42.2 Å². The Hall–Kier alpha value is 0.0600. The molecule has 0 aromatic heterocycles. The largest absolute Gasteiger partial charge is 0.329 e. The fourth-order valence-corrected chi connectivity index (χ4v) is 3.65. The lowest BCUT2D eigenvalue weighted by atomic mass is 10.3. The summed E-state index contributed by atoms with van der Waals surface area (Å²) in [5, 5.41) is -0.0678. The van der Waals surface area contributed by atoms with E-state index in [2.05, 4.69) is 0 Å². The second kappa shape index (κ2) is 5.72. The Balaban J connectivity index is 4.01. The first-order chi connectivity index (χ1) is 5.90. The van der Waals surface area contributed by atoms with Gasteiger partial charge in [-0.25, -0.2) is 8.42 Å². The van der Waals surface area contributed by atoms with E-state index in [1.54, 1.807) is 0 Å². The summed E-state index contributed by atoms with van der Waals surface area (Å²) in [7, 11) is -4.11. The summed E-state index contributed by atoms with van der Waals surface area (Å²) < 4.78 is 33.0. The van der Waals surface area contributed by atoms with E-state index in [4.69, 9.17) is 5.73 Å². The molecule has 0 aliphatic heterocycles. The van der Waals surface area contributed by atoms with Crippen molar-refractivity contribution < 1.29 is 12.6 Å². The lowest BCUT2D eigenvalue weighted by Crippen LogP contribution is -2.28. The van der Waals surface area contributed by atoms with Gasteiger partial charge in [-0.3, -0.25) is 4.21 Å². The SMILES string of the molecule is CCC(CN)S(=O)CCS(C)(=O)=O. The molecule has 0 aromatic carbocycles. The summed E-state index contributed by atoms with van der Waals surface area (Å²) in [6, 6.07) is 0. The van der Waals surface area contributed by atoms with E-state index >= 15 is 0 Å². The van der Waals surface area contributed by atoms with Crippen molar-refractivity contribution in [2.75, 3.05) is 24.3 Å². The third kappa shape index (κ3) is 6.17. The highest BCUT2D eigenvalue weighted by Crippen LogP contribution is 2.01. The first-order valence-corrected chi connectivity index (χ1v) is 7.60. The van der Waals surface area contributed by atoms with Crippen LogP contribution in [0.4, 0.5) is 0 Å². The number of hydrogen-bond donors (Lipinski definition) is 1. The minimum Gasteiger partial charge on any atom is -0.329 e. The molecule has 80 valence electrons. The van der Waals surface area contributed by atoms with Crippen molar-refractivity contribution >= 4 is 20.6 Å². The van der Waals surface area contributed by atoms with Gasteiger partial charge >= 0.3 is 0 Å². The van der Waals surface area contributed by atoms with Gasteiger partial charge in [-0.15, -0.1) is 0 Å². The van der Waals surface area contributed by atoms with Crippen LogP contribution in [-0.2, 0) is 20.6 Å². The molecule has 0 heterocycles. The summed E-state index contributed by atoms with van der Waals surface area (Å²) in [6.45, 7) is 2.25. The maximum absolute atomic E-state index is 11.4. The second-order valence-electron chi connectivity index (χ2n) is 2.98. The van der Waals surface area contributed by atoms with Crippen molar-refractivity contribution in [3.8, 4) is 0 Å². The maximum atomic E-state index is 11.4. The fraction of sp³-hybridized carbons (Fsp3) is 1.00. The summed E-state index contributed by atoms with van der Waals surface area (Å²) >= 11 is 0. The van der Waals surface area contributed by atoms with Crippen molar-refractivity contribution in [1.82, 2.24) is 0 Å². The molecule has 0 saturated carbocycles. The van der Waals surface area contributed by atoms with E-state index in [0.29, 0.717) is 6.54 Å². The molecular weight excluding hydrogens is 210 g/mol. The van der Waals surface area contributed by atoms with Crippen LogP contribution in [0.25, 0.3) is 0 Å². The quantitative estimate of drug-likeness (QED) is 0.664. The molecule has 2 N–H and O–H groups in total. The van der Waals surface area contributed by atoms with Gasteiger partial charge in [0, 0.05) is 34.6 Å². The van der Waals surface area contributed by atoms with Crippen LogP contribution in [0.5, 0.6) is 0 Å². The zero-order valence-electron chi connectivity index (χ0n) is 8.02. The molecule has 0 aliphatic rings. The van der Waals surface area contributed by atoms with Gasteiger partial charge in [0.2, 0.25) is 0 Å². The minimum absolute atomic E-state index is 0.0177. The smallest absolute Gasteiger partial charge is 0.148 e. The topological polar surface area (TPSA) is 77.2 Å². The molecule has 2 atom stereocenters. The highest BCUT2D eigenvalue weighted by atomic mass is 32.2. The normalized spacial score (nSPS) is 16.8. The molecule has 0 aromatic rings. The van der Waals surface area contributed by atoms with Crippen LogP contribution in [0.3, 0.4) is 0 Å². The van der Waals surface area contributed by atoms with E-state index in [1.807, 2.05) is 6.92 Å². The minimum atomic E-state index is -3.00. The Morgan fingerprint density at radius 3 is 2.31 bits per heavy atom. The predicted molar refractivity (Wildman–Crippen MR) is 55.9 cm³/mol. The highest BCUT2D eigenvalue weighted by molar-refractivity contribution is 7.92. The summed E-state index contributed by atoms with van der Waals surface area (Å²) in [6.07, 6.45) is 1.88. The van der Waals surface area contributed by atoms with E-state index in [9.17, 15) is 12.6 Å². The number of nitrogens with two attached hydrogens (primary N) is 1. The van der Waals surface area contributed by atoms with Crippen LogP contribution in [0.15, 0.2) is 0 Å². The molecule has 0 amide bonds. The van der Waals surface area contributed by atoms with Gasteiger partial charge in [0.05, 0.1) is 5.75 Å². The third-order valence-electron chi connectivity index (χ3n) is 1.75. The summed E-state index contributed by atoms with van der Waals surface area (Å²) in [4.78, 5) is 0. The summed E-state index contributed by atoms with van der Waals surface area (Å²) in [5.74, 6) is 0.185. The molecule has 0 fully saturated rings. The van der Waals surface area contributed by atoms with Crippen LogP contribution >= 0.6 is 0 Å². The van der Waals surface area contributed by atoms with Gasteiger partial charge < -0.3 is 5.73 Å². The second-order valence-corrected chi connectivity index (χ2v) is 7.08. The molecule has 0 rings (SSSR count). The molecule has 0 bridgehead atoms. The van der Waals surface area contributed by atoms with Crippen LogP contribution < -0.4 is 5.73 Å². The zero-order chi connectivity index (χ0) is 10.5. The van der Waals surface area contributed by atoms with Crippen LogP contribution in [0.2, 0.25) is 0 Å². The molecule has 0 radical (unpaired) electrons. The Morgan fingerprint density at radius 1 is 1.46 bits per heavy atom. The van der Waals surface area contributed by atoms with Crippen LogP contribution in [0.1, 0.15) is 13.3 Å². The van der Waals surface area contributed by atoms with Gasteiger partial charge in [0.1, 0.15) is 9.84 Å². The van der Waals surface area contributed by atoms with Crippen molar-refractivity contribution in [1.29, 1.82) is 0 Å². The number of rotatable bonds is 6. The third-order valence-corrected chi connectivity index (χ3v) is 4.83. The molecule has 6 heteroatoms. The molecular formula is C7H17NO3S2. The molecule has 0 aliphatic carbocycles. The first kappa shape index (κ1) is 13.1. The Kier molecular flexibility index (Phi) is 5.75. The van der Waals surface area contributed by atoms with Gasteiger partial charge in [-0.05, 0) is 6.42 Å². The highest BCUT2D eigenvalue weighted by Gasteiger charge is 2.14. The lowest BCUT2D eigenvalue weighted by molar-refractivity contribution is 0.602. The molecule has 13 heavy (non-hydrogen) atoms. The zero-order valence-corrected chi connectivity index (χ0v) is 9.66. The monoisotopic (exact) mass is 227 g/mol. The van der Waals surface area contributed by atoms with Crippen LogP contribution in [0, 0.1) is 0 Å². The van der Waals surface area contributed by atoms with E-state index in [1.165, 1.54) is 0 Å². The van der Waals surface area contributed by atoms with E-state index in [0.717, 1.165) is 12.7 Å². The number of hydrogen-bond acceptors (Lipinski definition) is 4. The summed E-state index contributed by atoms with van der Waals surface area (Å²) in [5.41, 5.74) is 5.38. The average molecular weight is 227 g/mol. The Morgan fingerprint density at radius 2 is 2.00 bits per heavy atom. The van der Waals surface area contributed by atoms with Gasteiger partial charge in [0.15, 0.2) is 0 Å². The Labute approximate surface area is 82.3 Å². The van der Waals surface area contributed by atoms with Crippen molar-refractivity contribution in [2.24, 2.45) is 5.73 Å². The first-order valence-electron chi connectivity index (χ1n) is 4.15. The van der Waals surface area contributed by atoms with E-state index in [-0.39, 0.29) is 16.8 Å². The molecule has 0 saturated heterocycles. The lowest BCUT2D eigenvalue weighted by Gasteiger charge is -2.10.